The van der Waals surface area contributed by atoms with Gasteiger partial charge in [-0.25, -0.2) is 0 Å². The minimum absolute atomic E-state index is 0.312. The lowest BCUT2D eigenvalue weighted by atomic mass is 10.0. The number of alkyl halides is 2. The molecule has 0 aromatic rings. The number of hydrogen-bond donors (Lipinski definition) is 0. The van der Waals surface area contributed by atoms with E-state index < -0.39 is 0 Å². The molecule has 3 heteroatoms. The smallest absolute Gasteiger partial charge is 0.149 e. The molecular formula is C6H10Cl2O. The molecule has 0 radical (unpaired) electrons. The maximum absolute atomic E-state index is 5.97. The van der Waals surface area contributed by atoms with Gasteiger partial charge < -0.3 is 4.74 Å². The molecule has 1 fully saturated rings. The molecular weight excluding hydrogens is 159 g/mol. The van der Waals surface area contributed by atoms with Gasteiger partial charge in [-0.05, 0) is 19.8 Å². The highest BCUT2D eigenvalue weighted by Gasteiger charge is 2.33. The molecule has 0 N–H and O–H groups in total. The second-order valence-corrected chi connectivity index (χ2v) is 3.83. The fourth-order valence-electron chi connectivity index (χ4n) is 0.892. The van der Waals surface area contributed by atoms with Crippen molar-refractivity contribution in [3.8, 4) is 0 Å². The van der Waals surface area contributed by atoms with Gasteiger partial charge in [0, 0.05) is 6.61 Å². The number of rotatable bonds is 0. The van der Waals surface area contributed by atoms with Gasteiger partial charge in [0.15, 0.2) is 0 Å². The first kappa shape index (κ1) is 7.64. The molecule has 9 heavy (non-hydrogen) atoms. The Morgan fingerprint density at radius 2 is 2.33 bits per heavy atom. The molecule has 2 unspecified atom stereocenters. The second-order valence-electron chi connectivity index (χ2n) is 2.57. The van der Waals surface area contributed by atoms with Crippen LogP contribution in [-0.4, -0.2) is 17.0 Å². The molecule has 0 aromatic heterocycles. The van der Waals surface area contributed by atoms with E-state index in [0.29, 0.717) is 0 Å². The number of hydrogen-bond acceptors (Lipinski definition) is 1. The van der Waals surface area contributed by atoms with Gasteiger partial charge in [0.05, 0.1) is 4.87 Å². The summed E-state index contributed by atoms with van der Waals surface area (Å²) in [5, 5.41) is 0. The third-order valence-electron chi connectivity index (χ3n) is 1.55. The van der Waals surface area contributed by atoms with E-state index in [-0.39, 0.29) is 10.4 Å². The third kappa shape index (κ3) is 1.73. The van der Waals surface area contributed by atoms with Crippen molar-refractivity contribution in [2.45, 2.75) is 30.2 Å². The first-order chi connectivity index (χ1) is 4.13. The lowest BCUT2D eigenvalue weighted by Gasteiger charge is -2.31. The van der Waals surface area contributed by atoms with Crippen molar-refractivity contribution in [1.82, 2.24) is 0 Å². The SMILES string of the molecule is CC1(Cl)CCCOC1Cl. The van der Waals surface area contributed by atoms with Crippen LogP contribution in [0.1, 0.15) is 19.8 Å². The zero-order valence-corrected chi connectivity index (χ0v) is 6.87. The van der Waals surface area contributed by atoms with Crippen LogP contribution in [0.2, 0.25) is 0 Å². The monoisotopic (exact) mass is 168 g/mol. The molecule has 1 rings (SSSR count). The quantitative estimate of drug-likeness (QED) is 0.505. The molecule has 0 saturated carbocycles. The van der Waals surface area contributed by atoms with Crippen LogP contribution < -0.4 is 0 Å². The molecule has 0 aromatic carbocycles. The van der Waals surface area contributed by atoms with Gasteiger partial charge >= 0.3 is 0 Å². The van der Waals surface area contributed by atoms with E-state index in [1.165, 1.54) is 0 Å². The molecule has 1 saturated heterocycles. The van der Waals surface area contributed by atoms with Crippen LogP contribution in [0, 0.1) is 0 Å². The molecule has 1 nitrogen and oxygen atoms in total. The Kier molecular flexibility index (Phi) is 2.25. The van der Waals surface area contributed by atoms with Gasteiger partial charge in [-0.1, -0.05) is 11.6 Å². The summed E-state index contributed by atoms with van der Waals surface area (Å²) in [6.07, 6.45) is 1.96. The zero-order chi connectivity index (χ0) is 6.91. The minimum Gasteiger partial charge on any atom is -0.361 e. The van der Waals surface area contributed by atoms with Crippen molar-refractivity contribution in [2.75, 3.05) is 6.61 Å². The summed E-state index contributed by atoms with van der Waals surface area (Å²) in [4.78, 5) is -0.347. The highest BCUT2D eigenvalue weighted by molar-refractivity contribution is 6.31. The zero-order valence-electron chi connectivity index (χ0n) is 5.36. The summed E-state index contributed by atoms with van der Waals surface area (Å²) < 4.78 is 5.13. The van der Waals surface area contributed by atoms with E-state index in [9.17, 15) is 0 Å². The van der Waals surface area contributed by atoms with E-state index in [1.54, 1.807) is 0 Å². The molecule has 2 atom stereocenters. The van der Waals surface area contributed by atoms with E-state index in [0.717, 1.165) is 19.4 Å². The summed E-state index contributed by atoms with van der Waals surface area (Å²) in [6, 6.07) is 0. The second kappa shape index (κ2) is 2.65. The predicted molar refractivity (Wildman–Crippen MR) is 39.1 cm³/mol. The fourth-order valence-corrected chi connectivity index (χ4v) is 1.29. The molecule has 54 valence electrons. The standard InChI is InChI=1S/C6H10Cl2O/c1-6(8)3-2-4-9-5(6)7/h5H,2-4H2,1H3. The van der Waals surface area contributed by atoms with Crippen molar-refractivity contribution >= 4 is 23.2 Å². The summed E-state index contributed by atoms with van der Waals surface area (Å²) >= 11 is 11.7. The van der Waals surface area contributed by atoms with Gasteiger partial charge in [-0.3, -0.25) is 0 Å². The van der Waals surface area contributed by atoms with Crippen LogP contribution in [0.15, 0.2) is 0 Å². The number of ether oxygens (including phenoxy) is 1. The number of halogens is 2. The topological polar surface area (TPSA) is 9.23 Å². The molecule has 0 bridgehead atoms. The maximum Gasteiger partial charge on any atom is 0.149 e. The van der Waals surface area contributed by atoms with Crippen molar-refractivity contribution in [1.29, 1.82) is 0 Å². The van der Waals surface area contributed by atoms with E-state index >= 15 is 0 Å². The highest BCUT2D eigenvalue weighted by atomic mass is 35.5. The summed E-state index contributed by atoms with van der Waals surface area (Å²) in [6.45, 7) is 2.65. The van der Waals surface area contributed by atoms with Gasteiger partial charge in [-0.2, -0.15) is 0 Å². The molecule has 0 aliphatic carbocycles. The molecule has 0 amide bonds. The first-order valence-electron chi connectivity index (χ1n) is 3.07. The minimum atomic E-state index is -0.347. The van der Waals surface area contributed by atoms with Crippen molar-refractivity contribution < 1.29 is 4.74 Å². The van der Waals surface area contributed by atoms with E-state index in [2.05, 4.69) is 0 Å². The Balaban J connectivity index is 2.49. The van der Waals surface area contributed by atoms with Crippen LogP contribution in [0.5, 0.6) is 0 Å². The average molecular weight is 169 g/mol. The summed E-state index contributed by atoms with van der Waals surface area (Å²) in [5.41, 5.74) is -0.312. The summed E-state index contributed by atoms with van der Waals surface area (Å²) in [7, 11) is 0. The van der Waals surface area contributed by atoms with Gasteiger partial charge in [-0.15, -0.1) is 11.6 Å². The molecule has 1 aliphatic heterocycles. The van der Waals surface area contributed by atoms with E-state index in [1.807, 2.05) is 6.92 Å². The van der Waals surface area contributed by atoms with Crippen LogP contribution >= 0.6 is 23.2 Å². The van der Waals surface area contributed by atoms with Gasteiger partial charge in [0.1, 0.15) is 5.56 Å². The maximum atomic E-state index is 5.97. The van der Waals surface area contributed by atoms with E-state index in [4.69, 9.17) is 27.9 Å². The van der Waals surface area contributed by atoms with Crippen LogP contribution in [0.25, 0.3) is 0 Å². The van der Waals surface area contributed by atoms with Crippen LogP contribution in [0.4, 0.5) is 0 Å². The lowest BCUT2D eigenvalue weighted by molar-refractivity contribution is 0.0432. The van der Waals surface area contributed by atoms with Crippen LogP contribution in [-0.2, 0) is 4.74 Å². The summed E-state index contributed by atoms with van der Waals surface area (Å²) in [5.74, 6) is 0. The Hall–Kier alpha value is 0.540. The fraction of sp³-hybridized carbons (Fsp3) is 1.00. The predicted octanol–water partition coefficient (Wildman–Crippen LogP) is 2.36. The van der Waals surface area contributed by atoms with Crippen molar-refractivity contribution in [3.63, 3.8) is 0 Å². The lowest BCUT2D eigenvalue weighted by Crippen LogP contribution is -2.36. The third-order valence-corrected chi connectivity index (χ3v) is 2.65. The first-order valence-corrected chi connectivity index (χ1v) is 3.89. The average Bonchev–Trinajstić information content (AvgIpc) is 1.77. The molecule has 1 heterocycles. The van der Waals surface area contributed by atoms with Crippen LogP contribution in [0.3, 0.4) is 0 Å². The Bertz CT molecular complexity index is 103. The van der Waals surface area contributed by atoms with Crippen molar-refractivity contribution in [2.24, 2.45) is 0 Å². The Morgan fingerprint density at radius 1 is 1.67 bits per heavy atom. The Morgan fingerprint density at radius 3 is 2.67 bits per heavy atom. The normalized spacial score (nSPS) is 45.0. The largest absolute Gasteiger partial charge is 0.361 e. The van der Waals surface area contributed by atoms with Gasteiger partial charge in [0.25, 0.3) is 0 Å². The molecule has 0 spiro atoms. The van der Waals surface area contributed by atoms with Gasteiger partial charge in [0.2, 0.25) is 0 Å². The van der Waals surface area contributed by atoms with Crippen molar-refractivity contribution in [3.05, 3.63) is 0 Å². The highest BCUT2D eigenvalue weighted by Crippen LogP contribution is 2.33. The Labute approximate surface area is 65.3 Å². The molecule has 1 aliphatic rings.